The monoisotopic (exact) mass is 756 g/mol. The molecule has 0 aliphatic carbocycles. The fraction of sp³-hybridized carbons (Fsp3) is 0.514. The normalized spacial score (nSPS) is 17.7. The molecule has 2 N–H and O–H groups in total. The van der Waals surface area contributed by atoms with Gasteiger partial charge in [-0.15, -0.1) is 5.10 Å². The lowest BCUT2D eigenvalue weighted by molar-refractivity contribution is -0.137. The minimum Gasteiger partial charge on any atom is -0.504 e. The van der Waals surface area contributed by atoms with Crippen molar-refractivity contribution in [3.8, 4) is 5.75 Å². The van der Waals surface area contributed by atoms with Gasteiger partial charge in [0, 0.05) is 45.9 Å². The van der Waals surface area contributed by atoms with E-state index in [1.807, 2.05) is 4.90 Å². The van der Waals surface area contributed by atoms with E-state index in [0.29, 0.717) is 30.9 Å². The van der Waals surface area contributed by atoms with E-state index in [-0.39, 0.29) is 72.8 Å². The zero-order valence-corrected chi connectivity index (χ0v) is 29.8. The van der Waals surface area contributed by atoms with Crippen molar-refractivity contribution >= 4 is 34.9 Å². The average molecular weight is 757 g/mol. The van der Waals surface area contributed by atoms with Gasteiger partial charge in [-0.25, -0.2) is 14.4 Å². The number of rotatable bonds is 7. The minimum atomic E-state index is -4.77. The van der Waals surface area contributed by atoms with Crippen LogP contribution in [0.15, 0.2) is 29.3 Å². The molecule has 0 saturated carbocycles. The van der Waals surface area contributed by atoms with E-state index in [1.54, 1.807) is 18.7 Å². The number of anilines is 3. The quantitative estimate of drug-likeness (QED) is 0.265. The van der Waals surface area contributed by atoms with Gasteiger partial charge in [0.25, 0.3) is 11.5 Å². The summed E-state index contributed by atoms with van der Waals surface area (Å²) in [7, 11) is 0. The third kappa shape index (κ3) is 7.03. The van der Waals surface area contributed by atoms with Crippen molar-refractivity contribution in [1.82, 2.24) is 34.0 Å². The van der Waals surface area contributed by atoms with Gasteiger partial charge in [-0.05, 0) is 63.6 Å². The number of nitrogens with one attached hydrogen (secondary N) is 1. The third-order valence-electron chi connectivity index (χ3n) is 10.5. The largest absolute Gasteiger partial charge is 0.504 e. The molecule has 0 radical (unpaired) electrons. The van der Waals surface area contributed by atoms with Crippen molar-refractivity contribution in [2.24, 2.45) is 0 Å². The number of alkyl halides is 3. The number of benzene rings is 1. The topological polar surface area (TPSA) is 163 Å². The van der Waals surface area contributed by atoms with E-state index in [2.05, 4.69) is 20.4 Å². The first kappa shape index (κ1) is 37.0. The third-order valence-corrected chi connectivity index (χ3v) is 10.5. The first-order valence-corrected chi connectivity index (χ1v) is 17.9. The molecule has 19 heteroatoms. The van der Waals surface area contributed by atoms with Gasteiger partial charge in [-0.1, -0.05) is 6.92 Å². The van der Waals surface area contributed by atoms with Crippen molar-refractivity contribution in [2.75, 3.05) is 61.0 Å². The van der Waals surface area contributed by atoms with Crippen LogP contribution in [-0.4, -0.2) is 102 Å². The molecule has 54 heavy (non-hydrogen) atoms. The maximum Gasteiger partial charge on any atom is 0.416 e. The van der Waals surface area contributed by atoms with E-state index < -0.39 is 47.2 Å². The number of halogens is 4. The summed E-state index contributed by atoms with van der Waals surface area (Å²) in [6, 6.07) is 1.84. The van der Waals surface area contributed by atoms with E-state index in [9.17, 15) is 37.1 Å². The molecular formula is C35H40F4N10O5. The zero-order chi connectivity index (χ0) is 38.4. The van der Waals surface area contributed by atoms with Gasteiger partial charge in [0.1, 0.15) is 24.4 Å². The van der Waals surface area contributed by atoms with Crippen molar-refractivity contribution in [3.63, 3.8) is 0 Å². The van der Waals surface area contributed by atoms with E-state index in [0.717, 1.165) is 49.3 Å². The molecule has 15 nitrogen and oxygen atoms in total. The molecule has 1 aromatic carbocycles. The Morgan fingerprint density at radius 3 is 2.41 bits per heavy atom. The molecule has 0 atom stereocenters. The molecule has 1 spiro atoms. The lowest BCUT2D eigenvalue weighted by Crippen LogP contribution is -2.51. The lowest BCUT2D eigenvalue weighted by Gasteiger charge is -2.43. The highest BCUT2D eigenvalue weighted by Crippen LogP contribution is 2.36. The Kier molecular flexibility index (Phi) is 9.92. The number of aromatic hydroxyl groups is 1. The summed E-state index contributed by atoms with van der Waals surface area (Å²) >= 11 is 0. The van der Waals surface area contributed by atoms with E-state index in [1.165, 1.54) is 15.8 Å². The first-order chi connectivity index (χ1) is 25.8. The van der Waals surface area contributed by atoms with Crippen LogP contribution in [0, 0.1) is 12.7 Å². The van der Waals surface area contributed by atoms with Crippen LogP contribution in [0.1, 0.15) is 66.5 Å². The van der Waals surface area contributed by atoms with Gasteiger partial charge in [0.05, 0.1) is 28.2 Å². The summed E-state index contributed by atoms with van der Waals surface area (Å²) in [6.07, 6.45) is 1.30. The molecule has 2 amide bonds. The van der Waals surface area contributed by atoms with Crippen molar-refractivity contribution in [1.29, 1.82) is 0 Å². The Hall–Kier alpha value is -5.33. The number of piperidine rings is 1. The molecule has 3 aliphatic heterocycles. The Bertz CT molecular complexity index is 2130. The number of aryl methyl sites for hydroxylation is 1. The van der Waals surface area contributed by atoms with E-state index in [4.69, 9.17) is 9.72 Å². The van der Waals surface area contributed by atoms with Crippen LogP contribution in [0.3, 0.4) is 0 Å². The second-order valence-electron chi connectivity index (χ2n) is 13.8. The van der Waals surface area contributed by atoms with Gasteiger partial charge < -0.3 is 34.4 Å². The number of carbonyl (C=O) groups excluding carboxylic acids is 2. The van der Waals surface area contributed by atoms with Crippen molar-refractivity contribution in [2.45, 2.75) is 70.7 Å². The molecule has 6 heterocycles. The van der Waals surface area contributed by atoms with Crippen molar-refractivity contribution < 1.29 is 37.0 Å². The Morgan fingerprint density at radius 2 is 1.76 bits per heavy atom. The fourth-order valence-electron chi connectivity index (χ4n) is 7.50. The predicted octanol–water partition coefficient (Wildman–Crippen LogP) is 3.56. The highest BCUT2D eigenvalue weighted by Gasteiger charge is 2.38. The second-order valence-corrected chi connectivity index (χ2v) is 13.8. The minimum absolute atomic E-state index is 0.0660. The van der Waals surface area contributed by atoms with E-state index >= 15 is 0 Å². The van der Waals surface area contributed by atoms with Gasteiger partial charge in [0.2, 0.25) is 17.6 Å². The number of ether oxygens (including phenoxy) is 1. The lowest BCUT2D eigenvalue weighted by atomic mass is 9.84. The van der Waals surface area contributed by atoms with Crippen LogP contribution in [0.25, 0.3) is 5.78 Å². The molecule has 4 aromatic rings. The van der Waals surface area contributed by atoms with Crippen LogP contribution < -0.4 is 20.7 Å². The molecule has 7 rings (SSSR count). The highest BCUT2D eigenvalue weighted by atomic mass is 19.4. The predicted molar refractivity (Wildman–Crippen MR) is 187 cm³/mol. The summed E-state index contributed by atoms with van der Waals surface area (Å²) in [4.78, 5) is 59.0. The van der Waals surface area contributed by atoms with Crippen LogP contribution in [0.5, 0.6) is 5.75 Å². The summed E-state index contributed by atoms with van der Waals surface area (Å²) in [5, 5.41) is 17.4. The van der Waals surface area contributed by atoms with Crippen LogP contribution in [0.2, 0.25) is 0 Å². The number of hydrogen-bond acceptors (Lipinski definition) is 11. The number of amides is 2. The molecule has 288 valence electrons. The van der Waals surface area contributed by atoms with Gasteiger partial charge in [-0.2, -0.15) is 22.7 Å². The van der Waals surface area contributed by atoms with Gasteiger partial charge in [0.15, 0.2) is 11.4 Å². The standard InChI is InChI=1S/C35H40F4N10O5/c1-3-25-28(45-13-15-46(16-14-45)30(52)27-29(51)21(2)40-20-41-27)31(53)49-33(43-32(44-49)47-11-9-34(10-12-47)8-4-5-17-54-34)48(25)19-26(50)42-24-7-6-22(18-23(24)36)35(37,38)39/h6-7,18,20,51H,3-5,8-17,19H2,1-2H3,(H,42,50). The number of fused-ring (bicyclic) bond motifs is 1. The first-order valence-electron chi connectivity index (χ1n) is 17.9. The highest BCUT2D eigenvalue weighted by molar-refractivity contribution is 5.95. The maximum absolute atomic E-state index is 14.8. The smallest absolute Gasteiger partial charge is 0.416 e. The zero-order valence-electron chi connectivity index (χ0n) is 29.8. The number of carbonyl (C=O) groups is 2. The van der Waals surface area contributed by atoms with Crippen molar-refractivity contribution in [3.05, 3.63) is 63.3 Å². The molecular weight excluding hydrogens is 716 g/mol. The molecule has 3 saturated heterocycles. The molecule has 3 aliphatic rings. The summed E-state index contributed by atoms with van der Waals surface area (Å²) in [5.41, 5.74) is -1.53. The second kappa shape index (κ2) is 14.5. The van der Waals surface area contributed by atoms with Crippen LogP contribution in [0.4, 0.5) is 34.9 Å². The van der Waals surface area contributed by atoms with Gasteiger partial charge >= 0.3 is 6.18 Å². The average Bonchev–Trinajstić information content (AvgIpc) is 3.61. The number of nitrogens with zero attached hydrogens (tertiary/aromatic N) is 9. The molecule has 0 bridgehead atoms. The van der Waals surface area contributed by atoms with Crippen LogP contribution >= 0.6 is 0 Å². The molecule has 3 fully saturated rings. The Morgan fingerprint density at radius 1 is 1.02 bits per heavy atom. The Balaban J connectivity index is 1.21. The summed E-state index contributed by atoms with van der Waals surface area (Å²) in [6.45, 7) is 5.55. The summed E-state index contributed by atoms with van der Waals surface area (Å²) in [5.74, 6) is -2.47. The fourth-order valence-corrected chi connectivity index (χ4v) is 7.50. The SMILES string of the molecule is CCc1c(N2CCN(C(=O)c3ncnc(C)c3O)CC2)c(=O)n2nc(N3CCC4(CCCCO4)CC3)nc2n1CC(=O)Nc1ccc(C(F)(F)F)cc1F. The number of piperazine rings is 1. The maximum atomic E-state index is 14.8. The summed E-state index contributed by atoms with van der Waals surface area (Å²) < 4.78 is 63.1. The van der Waals surface area contributed by atoms with Gasteiger partial charge in [-0.3, -0.25) is 14.4 Å². The molecule has 0 unspecified atom stereocenters. The molecule has 3 aromatic heterocycles. The number of hydrogen-bond donors (Lipinski definition) is 2. The van der Waals surface area contributed by atoms with Crippen LogP contribution in [-0.2, 0) is 28.7 Å². The Labute approximate surface area is 306 Å². The number of aromatic nitrogens is 6.